The third kappa shape index (κ3) is 4.89. The Labute approximate surface area is 190 Å². The van der Waals surface area contributed by atoms with Gasteiger partial charge in [0, 0.05) is 50.4 Å². The predicted octanol–water partition coefficient (Wildman–Crippen LogP) is 2.86. The highest BCUT2D eigenvalue weighted by Crippen LogP contribution is 2.26. The quantitative estimate of drug-likeness (QED) is 0.703. The summed E-state index contributed by atoms with van der Waals surface area (Å²) in [4.78, 5) is 17.6. The summed E-state index contributed by atoms with van der Waals surface area (Å²) in [5.74, 6) is 0.754. The number of methoxy groups -OCH3 is 1. The first-order chi connectivity index (χ1) is 15.5. The molecule has 0 saturated carbocycles. The van der Waals surface area contributed by atoms with Crippen LogP contribution < -0.4 is 4.74 Å². The van der Waals surface area contributed by atoms with Crippen molar-refractivity contribution in [3.63, 3.8) is 0 Å². The number of allylic oxidation sites excluding steroid dienone is 1. The van der Waals surface area contributed by atoms with Gasteiger partial charge >= 0.3 is 0 Å². The van der Waals surface area contributed by atoms with Crippen molar-refractivity contribution in [3.8, 4) is 5.75 Å². The number of hydrogen-bond donors (Lipinski definition) is 1. The van der Waals surface area contributed by atoms with Gasteiger partial charge in [-0.25, -0.2) is 0 Å². The number of nitrogens with zero attached hydrogens (tertiary/aromatic N) is 4. The van der Waals surface area contributed by atoms with Crippen molar-refractivity contribution < 1.29 is 14.6 Å². The number of carbonyl (C=O) groups is 1. The first-order valence-corrected chi connectivity index (χ1v) is 11.5. The molecule has 3 heterocycles. The second-order valence-corrected chi connectivity index (χ2v) is 8.93. The van der Waals surface area contributed by atoms with Gasteiger partial charge in [-0.05, 0) is 44.4 Å². The lowest BCUT2D eigenvalue weighted by Crippen LogP contribution is -2.43. The third-order valence-electron chi connectivity index (χ3n) is 6.53. The average molecular weight is 439 g/mol. The molecule has 1 N–H and O–H groups in total. The summed E-state index contributed by atoms with van der Waals surface area (Å²) in [6.45, 7) is 8.42. The summed E-state index contributed by atoms with van der Waals surface area (Å²) in [5, 5.41) is 14.9. The zero-order valence-corrected chi connectivity index (χ0v) is 19.4. The van der Waals surface area contributed by atoms with Gasteiger partial charge in [-0.2, -0.15) is 5.10 Å². The molecule has 1 aromatic carbocycles. The Morgan fingerprint density at radius 3 is 2.94 bits per heavy atom. The molecule has 0 aliphatic carbocycles. The Bertz CT molecular complexity index is 997. The van der Waals surface area contributed by atoms with E-state index in [0.29, 0.717) is 25.3 Å². The van der Waals surface area contributed by atoms with Gasteiger partial charge in [-0.15, -0.1) is 0 Å². The second kappa shape index (κ2) is 9.88. The van der Waals surface area contributed by atoms with Crippen molar-refractivity contribution in [1.82, 2.24) is 19.6 Å². The number of likely N-dealkylation sites (tertiary alicyclic amines) is 1. The van der Waals surface area contributed by atoms with Crippen molar-refractivity contribution in [2.45, 2.75) is 52.3 Å². The fourth-order valence-electron chi connectivity index (χ4n) is 4.66. The van der Waals surface area contributed by atoms with Gasteiger partial charge in [0.1, 0.15) is 5.75 Å². The first kappa shape index (κ1) is 22.6. The fraction of sp³-hybridized carbons (Fsp3) is 0.520. The summed E-state index contributed by atoms with van der Waals surface area (Å²) in [7, 11) is 1.67. The van der Waals surface area contributed by atoms with E-state index in [0.717, 1.165) is 61.5 Å². The minimum absolute atomic E-state index is 0.0611. The molecule has 0 radical (unpaired) electrons. The van der Waals surface area contributed by atoms with Crippen LogP contribution in [0, 0.1) is 0 Å². The summed E-state index contributed by atoms with van der Waals surface area (Å²) >= 11 is 0. The molecule has 172 valence electrons. The molecule has 1 fully saturated rings. The van der Waals surface area contributed by atoms with Crippen molar-refractivity contribution >= 4 is 5.91 Å². The number of benzene rings is 1. The van der Waals surface area contributed by atoms with E-state index in [1.165, 1.54) is 5.57 Å². The van der Waals surface area contributed by atoms with Gasteiger partial charge in [-0.3, -0.25) is 14.4 Å². The Morgan fingerprint density at radius 2 is 2.19 bits per heavy atom. The maximum absolute atomic E-state index is 13.5. The predicted molar refractivity (Wildman–Crippen MR) is 124 cm³/mol. The molecule has 7 heteroatoms. The molecule has 1 aromatic heterocycles. The standard InChI is InChI=1S/C25H34N4O3/c1-4-18(2)14-27-12-10-23-22(17-27)24(25(31)28-11-6-8-20(30)16-28)26-29(23)15-19-7-5-9-21(13-19)32-3/h4-5,7,9,13,20,30H,6,8,10-12,14-17H2,1-3H3/b18-4+. The lowest BCUT2D eigenvalue weighted by atomic mass is 10.0. The number of piperidine rings is 1. The summed E-state index contributed by atoms with van der Waals surface area (Å²) in [6.07, 6.45) is 4.13. The molecule has 2 aromatic rings. The maximum Gasteiger partial charge on any atom is 0.274 e. The van der Waals surface area contributed by atoms with E-state index in [4.69, 9.17) is 9.84 Å². The van der Waals surface area contributed by atoms with Crippen LogP contribution in [0.4, 0.5) is 0 Å². The van der Waals surface area contributed by atoms with Gasteiger partial charge in [0.15, 0.2) is 5.69 Å². The summed E-state index contributed by atoms with van der Waals surface area (Å²) in [5.41, 5.74) is 5.13. The molecule has 1 unspecified atom stereocenters. The molecule has 1 saturated heterocycles. The van der Waals surface area contributed by atoms with Gasteiger partial charge in [0.2, 0.25) is 0 Å². The normalized spacial score (nSPS) is 19.7. The average Bonchev–Trinajstić information content (AvgIpc) is 3.16. The van der Waals surface area contributed by atoms with Crippen LogP contribution in [-0.2, 0) is 19.5 Å². The SMILES string of the molecule is C/C=C(\C)CN1CCc2c(c(C(=O)N3CCCC(O)C3)nn2Cc2cccc(OC)c2)C1. The zero-order chi connectivity index (χ0) is 22.7. The highest BCUT2D eigenvalue weighted by atomic mass is 16.5. The van der Waals surface area contributed by atoms with Gasteiger partial charge in [-0.1, -0.05) is 23.8 Å². The Hall–Kier alpha value is -2.64. The molecule has 0 spiro atoms. The highest BCUT2D eigenvalue weighted by Gasteiger charge is 2.32. The zero-order valence-electron chi connectivity index (χ0n) is 19.4. The first-order valence-electron chi connectivity index (χ1n) is 11.5. The van der Waals surface area contributed by atoms with E-state index >= 15 is 0 Å². The lowest BCUT2D eigenvalue weighted by molar-refractivity contribution is 0.0466. The van der Waals surface area contributed by atoms with E-state index in [2.05, 4.69) is 30.9 Å². The van der Waals surface area contributed by atoms with Crippen molar-refractivity contribution in [2.24, 2.45) is 0 Å². The van der Waals surface area contributed by atoms with E-state index in [1.807, 2.05) is 22.9 Å². The van der Waals surface area contributed by atoms with Crippen LogP contribution in [0.25, 0.3) is 0 Å². The van der Waals surface area contributed by atoms with E-state index < -0.39 is 6.10 Å². The number of aliphatic hydroxyl groups excluding tert-OH is 1. The van der Waals surface area contributed by atoms with Gasteiger partial charge < -0.3 is 14.7 Å². The van der Waals surface area contributed by atoms with E-state index in [9.17, 15) is 9.90 Å². The number of rotatable bonds is 6. The number of amides is 1. The van der Waals surface area contributed by atoms with Crippen LogP contribution in [0.5, 0.6) is 5.75 Å². The Kier molecular flexibility index (Phi) is 6.96. The number of ether oxygens (including phenoxy) is 1. The van der Waals surface area contributed by atoms with Crippen molar-refractivity contribution in [2.75, 3.05) is 33.3 Å². The van der Waals surface area contributed by atoms with Crippen molar-refractivity contribution in [3.05, 3.63) is 58.4 Å². The summed E-state index contributed by atoms with van der Waals surface area (Å²) < 4.78 is 7.37. The van der Waals surface area contributed by atoms with E-state index in [1.54, 1.807) is 12.0 Å². The van der Waals surface area contributed by atoms with Crippen LogP contribution in [0.2, 0.25) is 0 Å². The number of hydrogen-bond acceptors (Lipinski definition) is 5. The number of β-amino-alcohol motifs (C(OH)–C–C–N with tert-alkyl or cyclic N) is 1. The summed E-state index contributed by atoms with van der Waals surface area (Å²) in [6, 6.07) is 7.98. The smallest absolute Gasteiger partial charge is 0.274 e. The number of fused-ring (bicyclic) bond motifs is 1. The molecule has 4 rings (SSSR count). The minimum atomic E-state index is -0.448. The molecule has 1 atom stereocenters. The molecular formula is C25H34N4O3. The fourth-order valence-corrected chi connectivity index (χ4v) is 4.66. The molecule has 0 bridgehead atoms. The molecule has 7 nitrogen and oxygen atoms in total. The largest absolute Gasteiger partial charge is 0.497 e. The second-order valence-electron chi connectivity index (χ2n) is 8.93. The topological polar surface area (TPSA) is 70.8 Å². The van der Waals surface area contributed by atoms with Crippen LogP contribution >= 0.6 is 0 Å². The van der Waals surface area contributed by atoms with E-state index in [-0.39, 0.29) is 5.91 Å². The number of aliphatic hydroxyl groups is 1. The Balaban J connectivity index is 1.66. The monoisotopic (exact) mass is 438 g/mol. The maximum atomic E-state index is 13.5. The molecule has 2 aliphatic heterocycles. The Morgan fingerprint density at radius 1 is 1.34 bits per heavy atom. The van der Waals surface area contributed by atoms with Crippen molar-refractivity contribution in [1.29, 1.82) is 0 Å². The van der Waals surface area contributed by atoms with Crippen LogP contribution in [0.15, 0.2) is 35.9 Å². The van der Waals surface area contributed by atoms with Crippen LogP contribution in [0.3, 0.4) is 0 Å². The number of aromatic nitrogens is 2. The van der Waals surface area contributed by atoms with Gasteiger partial charge in [0.05, 0.1) is 19.8 Å². The number of carbonyl (C=O) groups excluding carboxylic acids is 1. The van der Waals surface area contributed by atoms with Gasteiger partial charge in [0.25, 0.3) is 5.91 Å². The van der Waals surface area contributed by atoms with Crippen LogP contribution in [0.1, 0.15) is 54.0 Å². The van der Waals surface area contributed by atoms with Crippen LogP contribution in [-0.4, -0.2) is 70.0 Å². The molecule has 32 heavy (non-hydrogen) atoms. The molecule has 1 amide bonds. The third-order valence-corrected chi connectivity index (χ3v) is 6.53. The minimum Gasteiger partial charge on any atom is -0.497 e. The molecular weight excluding hydrogens is 404 g/mol. The highest BCUT2D eigenvalue weighted by molar-refractivity contribution is 5.94. The molecule has 2 aliphatic rings. The lowest BCUT2D eigenvalue weighted by Gasteiger charge is -2.31.